The van der Waals surface area contributed by atoms with Crippen LogP contribution in [-0.4, -0.2) is 30.6 Å². The third-order valence-electron chi connectivity index (χ3n) is 11.7. The van der Waals surface area contributed by atoms with Crippen LogP contribution >= 0.6 is 0 Å². The summed E-state index contributed by atoms with van der Waals surface area (Å²) in [7, 11) is 0. The maximum absolute atomic E-state index is 10.9. The summed E-state index contributed by atoms with van der Waals surface area (Å²) in [6.07, 6.45) is 0. The van der Waals surface area contributed by atoms with E-state index < -0.39 is 45.3 Å². The summed E-state index contributed by atoms with van der Waals surface area (Å²) in [5.74, 6) is -3.48. The number of anilines is 2. The summed E-state index contributed by atoms with van der Waals surface area (Å²) in [5.41, 5.74) is 23.3. The summed E-state index contributed by atoms with van der Waals surface area (Å²) in [6, 6.07) is 53.7. The van der Waals surface area contributed by atoms with Crippen molar-refractivity contribution >= 4 is 11.4 Å². The lowest BCUT2D eigenvalue weighted by Crippen LogP contribution is -2.30. The molecule has 10 N–H and O–H groups in total. The zero-order valence-corrected chi connectivity index (χ0v) is 31.0. The van der Waals surface area contributed by atoms with Gasteiger partial charge in [-0.15, -0.1) is 0 Å². The van der Waals surface area contributed by atoms with E-state index in [4.69, 9.17) is 11.5 Å². The van der Waals surface area contributed by atoms with Crippen LogP contribution in [0.1, 0.15) is 44.5 Å². The van der Waals surface area contributed by atoms with Gasteiger partial charge in [-0.05, 0) is 92.0 Å². The summed E-state index contributed by atoms with van der Waals surface area (Å²) < 4.78 is 0. The fourth-order valence-corrected chi connectivity index (χ4v) is 9.34. The van der Waals surface area contributed by atoms with Gasteiger partial charge in [0.15, 0.2) is 23.0 Å². The van der Waals surface area contributed by atoms with Gasteiger partial charge in [-0.25, -0.2) is 0 Å². The molecule has 0 aliphatic heterocycles. The SMILES string of the molecule is Nc1ccccc1C1(c2ccccc2N)c2ccccc2-c2ccccc21.Oc1ccc(C2(c3ccc(O)c(O)c3O)c3ccccc3-c3ccccc32)c(O)c1O. The summed E-state index contributed by atoms with van der Waals surface area (Å²) in [5, 5.41) is 62.3. The Bertz CT molecular complexity index is 2720. The van der Waals surface area contributed by atoms with Crippen LogP contribution in [0.3, 0.4) is 0 Å². The van der Waals surface area contributed by atoms with E-state index in [9.17, 15) is 30.6 Å². The fourth-order valence-electron chi connectivity index (χ4n) is 9.34. The van der Waals surface area contributed by atoms with E-state index in [-0.39, 0.29) is 11.1 Å². The molecular weight excluding hydrogens is 725 g/mol. The maximum atomic E-state index is 10.9. The van der Waals surface area contributed by atoms with E-state index in [2.05, 4.69) is 72.8 Å². The molecule has 0 spiro atoms. The standard InChI is InChI=1S/C25H20N2.C25H18O6/c26-23-15-7-5-13-21(23)25(22-14-6-8-16-24(22)27)19-11-3-1-9-17(19)18-10-2-4-12-20(18)25;26-19-11-9-17(21(28)23(19)30)25(18-10-12-20(27)24(31)22(18)29)15-7-3-1-5-13(15)14-6-2-4-8-16(14)25/h1-16H,26-27H2;1-12,26-31H. The Labute approximate surface area is 334 Å². The Hall–Kier alpha value is -7.84. The second-order valence-corrected chi connectivity index (χ2v) is 14.5. The molecule has 58 heavy (non-hydrogen) atoms. The summed E-state index contributed by atoms with van der Waals surface area (Å²) in [6.45, 7) is 0. The van der Waals surface area contributed by atoms with Crippen molar-refractivity contribution in [2.24, 2.45) is 0 Å². The lowest BCUT2D eigenvalue weighted by molar-refractivity contribution is 0.357. The molecule has 8 heteroatoms. The Morgan fingerprint density at radius 3 is 0.828 bits per heavy atom. The third-order valence-corrected chi connectivity index (χ3v) is 11.7. The quantitative estimate of drug-likeness (QED) is 0.0647. The monoisotopic (exact) mass is 762 g/mol. The van der Waals surface area contributed by atoms with E-state index in [0.717, 1.165) is 33.6 Å². The van der Waals surface area contributed by atoms with Crippen molar-refractivity contribution < 1.29 is 30.6 Å². The molecule has 0 heterocycles. The van der Waals surface area contributed by atoms with Crippen molar-refractivity contribution in [3.05, 3.63) is 214 Å². The molecule has 0 radical (unpaired) electrons. The van der Waals surface area contributed by atoms with E-state index in [0.29, 0.717) is 11.1 Å². The van der Waals surface area contributed by atoms with Crippen LogP contribution in [0.5, 0.6) is 34.5 Å². The zero-order valence-electron chi connectivity index (χ0n) is 31.0. The largest absolute Gasteiger partial charge is 0.504 e. The van der Waals surface area contributed by atoms with Crippen LogP contribution in [0.4, 0.5) is 11.4 Å². The van der Waals surface area contributed by atoms with Crippen LogP contribution in [0.15, 0.2) is 170 Å². The highest BCUT2D eigenvalue weighted by Crippen LogP contribution is 2.62. The minimum atomic E-state index is -1.35. The number of nitrogens with two attached hydrogens (primary N) is 2. The second kappa shape index (κ2) is 13.4. The van der Waals surface area contributed by atoms with Gasteiger partial charge in [-0.2, -0.15) is 0 Å². The molecule has 0 aromatic heterocycles. The molecule has 0 fully saturated rings. The molecule has 8 aromatic carbocycles. The van der Waals surface area contributed by atoms with Crippen molar-refractivity contribution in [2.75, 3.05) is 11.5 Å². The number of benzene rings is 8. The average Bonchev–Trinajstić information content (AvgIpc) is 3.71. The number of hydrogen-bond acceptors (Lipinski definition) is 8. The van der Waals surface area contributed by atoms with Crippen molar-refractivity contribution in [3.63, 3.8) is 0 Å². The topological polar surface area (TPSA) is 173 Å². The molecule has 8 nitrogen and oxygen atoms in total. The first-order valence-electron chi connectivity index (χ1n) is 18.7. The number of nitrogen functional groups attached to an aromatic ring is 2. The summed E-state index contributed by atoms with van der Waals surface area (Å²) >= 11 is 0. The van der Waals surface area contributed by atoms with Crippen LogP contribution in [0.25, 0.3) is 22.3 Å². The molecule has 10 rings (SSSR count). The predicted molar refractivity (Wildman–Crippen MR) is 226 cm³/mol. The number of rotatable bonds is 4. The molecule has 0 saturated heterocycles. The predicted octanol–water partition coefficient (Wildman–Crippen LogP) is 9.50. The molecule has 0 amide bonds. The fraction of sp³-hybridized carbons (Fsp3) is 0.0400. The average molecular weight is 763 g/mol. The third kappa shape index (κ3) is 4.88. The van der Waals surface area contributed by atoms with Gasteiger partial charge in [0.05, 0.1) is 10.8 Å². The molecule has 8 aromatic rings. The van der Waals surface area contributed by atoms with E-state index in [1.165, 1.54) is 46.5 Å². The lowest BCUT2D eigenvalue weighted by atomic mass is 9.66. The number of phenolic OH excluding ortho intramolecular Hbond substituents is 6. The first-order chi connectivity index (χ1) is 28.1. The molecule has 2 aliphatic rings. The molecule has 0 atom stereocenters. The van der Waals surface area contributed by atoms with Gasteiger partial charge in [0.1, 0.15) is 0 Å². The van der Waals surface area contributed by atoms with Crippen LogP contribution in [-0.2, 0) is 10.8 Å². The molecule has 2 aliphatic carbocycles. The highest BCUT2D eigenvalue weighted by Gasteiger charge is 2.50. The van der Waals surface area contributed by atoms with Crippen LogP contribution in [0, 0.1) is 0 Å². The number of para-hydroxylation sites is 2. The maximum Gasteiger partial charge on any atom is 0.200 e. The van der Waals surface area contributed by atoms with Crippen LogP contribution < -0.4 is 11.5 Å². The minimum absolute atomic E-state index is 0.195. The van der Waals surface area contributed by atoms with Gasteiger partial charge in [0, 0.05) is 22.5 Å². The van der Waals surface area contributed by atoms with Gasteiger partial charge < -0.3 is 42.1 Å². The highest BCUT2D eigenvalue weighted by molar-refractivity contribution is 5.90. The second-order valence-electron chi connectivity index (χ2n) is 14.5. The van der Waals surface area contributed by atoms with E-state index in [1.54, 1.807) is 0 Å². The van der Waals surface area contributed by atoms with E-state index in [1.807, 2.05) is 72.8 Å². The van der Waals surface area contributed by atoms with Gasteiger partial charge >= 0.3 is 0 Å². The van der Waals surface area contributed by atoms with Gasteiger partial charge in [-0.3, -0.25) is 0 Å². The van der Waals surface area contributed by atoms with Crippen molar-refractivity contribution in [3.8, 4) is 56.8 Å². The molecule has 0 unspecified atom stereocenters. The normalized spacial score (nSPS) is 13.7. The van der Waals surface area contributed by atoms with Gasteiger partial charge in [0.2, 0.25) is 11.5 Å². The minimum Gasteiger partial charge on any atom is -0.504 e. The van der Waals surface area contributed by atoms with Crippen molar-refractivity contribution in [1.29, 1.82) is 0 Å². The molecule has 0 saturated carbocycles. The van der Waals surface area contributed by atoms with Crippen LogP contribution in [0.2, 0.25) is 0 Å². The molecular formula is C50H38N2O6. The Kier molecular flexibility index (Phi) is 8.29. The highest BCUT2D eigenvalue weighted by atomic mass is 16.3. The Morgan fingerprint density at radius 1 is 0.259 bits per heavy atom. The number of phenols is 6. The Morgan fingerprint density at radius 2 is 0.517 bits per heavy atom. The smallest absolute Gasteiger partial charge is 0.200 e. The van der Waals surface area contributed by atoms with Gasteiger partial charge in [-0.1, -0.05) is 133 Å². The summed E-state index contributed by atoms with van der Waals surface area (Å²) in [4.78, 5) is 0. The van der Waals surface area contributed by atoms with E-state index >= 15 is 0 Å². The zero-order chi connectivity index (χ0) is 40.3. The first kappa shape index (κ1) is 35.8. The number of aromatic hydroxyl groups is 6. The lowest BCUT2D eigenvalue weighted by Gasteiger charge is -2.35. The van der Waals surface area contributed by atoms with Crippen molar-refractivity contribution in [1.82, 2.24) is 0 Å². The molecule has 284 valence electrons. The van der Waals surface area contributed by atoms with Crippen molar-refractivity contribution in [2.45, 2.75) is 10.8 Å². The molecule has 0 bridgehead atoms. The number of fused-ring (bicyclic) bond motifs is 6. The Balaban J connectivity index is 0.000000152. The first-order valence-corrected chi connectivity index (χ1v) is 18.7. The number of hydrogen-bond donors (Lipinski definition) is 8. The van der Waals surface area contributed by atoms with Gasteiger partial charge in [0.25, 0.3) is 0 Å².